The molecule has 0 saturated heterocycles. The van der Waals surface area contributed by atoms with E-state index >= 15 is 0 Å². The van der Waals surface area contributed by atoms with E-state index in [4.69, 9.17) is 14.9 Å². The summed E-state index contributed by atoms with van der Waals surface area (Å²) < 4.78 is 4.75. The lowest BCUT2D eigenvalue weighted by Crippen LogP contribution is -2.14. The summed E-state index contributed by atoms with van der Waals surface area (Å²) in [5.74, 6) is 0. The molecule has 2 atom stereocenters. The summed E-state index contributed by atoms with van der Waals surface area (Å²) in [5, 5.41) is 18.0. The van der Waals surface area contributed by atoms with Crippen LogP contribution in [0.25, 0.3) is 0 Å². The molecule has 0 saturated carbocycles. The molecule has 0 radical (unpaired) electrons. The molecule has 0 aliphatic rings. The van der Waals surface area contributed by atoms with E-state index in [1.165, 1.54) is 0 Å². The van der Waals surface area contributed by atoms with Gasteiger partial charge in [0.05, 0.1) is 18.8 Å². The van der Waals surface area contributed by atoms with E-state index < -0.39 is 0 Å². The van der Waals surface area contributed by atoms with Crippen molar-refractivity contribution in [1.82, 2.24) is 0 Å². The van der Waals surface area contributed by atoms with Crippen LogP contribution in [0, 0.1) is 0 Å². The third kappa shape index (κ3) is 7.78. The van der Waals surface area contributed by atoms with Crippen molar-refractivity contribution < 1.29 is 14.9 Å². The van der Waals surface area contributed by atoms with E-state index in [-0.39, 0.29) is 12.2 Å². The number of hydrogen-bond acceptors (Lipinski definition) is 3. The molecule has 0 aliphatic carbocycles. The summed E-state index contributed by atoms with van der Waals surface area (Å²) in [4.78, 5) is 0. The van der Waals surface area contributed by atoms with Crippen LogP contribution in [0.4, 0.5) is 0 Å². The Bertz CT molecular complexity index is 83.4. The maximum Gasteiger partial charge on any atom is 0.0773 e. The van der Waals surface area contributed by atoms with Crippen molar-refractivity contribution in [3.05, 3.63) is 0 Å². The normalized spacial score (nSPS) is 16.4. The van der Waals surface area contributed by atoms with Crippen molar-refractivity contribution in [2.45, 2.75) is 38.4 Å². The first-order valence-electron chi connectivity index (χ1n) is 4.02. The molecule has 68 valence electrons. The zero-order valence-electron chi connectivity index (χ0n) is 7.29. The van der Waals surface area contributed by atoms with Crippen LogP contribution in [0.3, 0.4) is 0 Å². The summed E-state index contributed by atoms with van der Waals surface area (Å²) in [6.07, 6.45) is 1.67. The SMILES string of the molecule is COCC(O)CCCC(C)O. The van der Waals surface area contributed by atoms with E-state index in [9.17, 15) is 0 Å². The molecular weight excluding hydrogens is 144 g/mol. The molecule has 0 fully saturated rings. The standard InChI is InChI=1S/C8H18O3/c1-7(9)4-3-5-8(10)6-11-2/h7-10H,3-6H2,1-2H3. The van der Waals surface area contributed by atoms with Crippen molar-refractivity contribution >= 4 is 0 Å². The highest BCUT2D eigenvalue weighted by Gasteiger charge is 2.03. The van der Waals surface area contributed by atoms with Crippen LogP contribution in [0.2, 0.25) is 0 Å². The predicted molar refractivity (Wildman–Crippen MR) is 43.4 cm³/mol. The molecule has 0 aromatic heterocycles. The molecule has 3 nitrogen and oxygen atoms in total. The van der Waals surface area contributed by atoms with Crippen molar-refractivity contribution in [3.63, 3.8) is 0 Å². The molecule has 0 heterocycles. The Labute approximate surface area is 68.0 Å². The molecule has 11 heavy (non-hydrogen) atoms. The minimum absolute atomic E-state index is 0.259. The van der Waals surface area contributed by atoms with Gasteiger partial charge in [-0.25, -0.2) is 0 Å². The lowest BCUT2D eigenvalue weighted by molar-refractivity contribution is 0.0549. The van der Waals surface area contributed by atoms with Crippen molar-refractivity contribution in [2.75, 3.05) is 13.7 Å². The summed E-state index contributed by atoms with van der Waals surface area (Å²) in [6.45, 7) is 2.14. The monoisotopic (exact) mass is 162 g/mol. The number of aliphatic hydroxyl groups is 2. The second kappa shape index (κ2) is 6.58. The second-order valence-corrected chi connectivity index (χ2v) is 2.89. The average molecular weight is 162 g/mol. The molecule has 0 amide bonds. The minimum Gasteiger partial charge on any atom is -0.393 e. The van der Waals surface area contributed by atoms with E-state index in [1.54, 1.807) is 14.0 Å². The molecule has 3 heteroatoms. The van der Waals surface area contributed by atoms with Crippen LogP contribution in [0.1, 0.15) is 26.2 Å². The Hall–Kier alpha value is -0.120. The van der Waals surface area contributed by atoms with E-state index in [0.717, 1.165) is 12.8 Å². The Morgan fingerprint density at radius 1 is 1.27 bits per heavy atom. The lowest BCUT2D eigenvalue weighted by atomic mass is 10.1. The van der Waals surface area contributed by atoms with Gasteiger partial charge in [0, 0.05) is 7.11 Å². The number of ether oxygens (including phenoxy) is 1. The lowest BCUT2D eigenvalue weighted by Gasteiger charge is -2.09. The van der Waals surface area contributed by atoms with Gasteiger partial charge in [0.15, 0.2) is 0 Å². The summed E-state index contributed by atoms with van der Waals surface area (Å²) in [7, 11) is 1.57. The second-order valence-electron chi connectivity index (χ2n) is 2.89. The Balaban J connectivity index is 3.10. The van der Waals surface area contributed by atoms with Gasteiger partial charge >= 0.3 is 0 Å². The zero-order valence-corrected chi connectivity index (χ0v) is 7.29. The van der Waals surface area contributed by atoms with Gasteiger partial charge < -0.3 is 14.9 Å². The van der Waals surface area contributed by atoms with Crippen LogP contribution in [0.15, 0.2) is 0 Å². The topological polar surface area (TPSA) is 49.7 Å². The third-order valence-electron chi connectivity index (χ3n) is 1.52. The summed E-state index contributed by atoms with van der Waals surface area (Å²) >= 11 is 0. The van der Waals surface area contributed by atoms with Gasteiger partial charge in [0.2, 0.25) is 0 Å². The molecule has 0 bridgehead atoms. The maximum absolute atomic E-state index is 9.16. The average Bonchev–Trinajstić information content (AvgIpc) is 1.87. The number of methoxy groups -OCH3 is 1. The van der Waals surface area contributed by atoms with Crippen LogP contribution >= 0.6 is 0 Å². The fourth-order valence-electron chi connectivity index (χ4n) is 0.925. The highest BCUT2D eigenvalue weighted by atomic mass is 16.5. The van der Waals surface area contributed by atoms with Gasteiger partial charge in [0.1, 0.15) is 0 Å². The van der Waals surface area contributed by atoms with Gasteiger partial charge in [-0.1, -0.05) is 0 Å². The summed E-state index contributed by atoms with van der Waals surface area (Å²) in [6, 6.07) is 0. The highest BCUT2D eigenvalue weighted by molar-refractivity contribution is 4.55. The fourth-order valence-corrected chi connectivity index (χ4v) is 0.925. The van der Waals surface area contributed by atoms with Crippen LogP contribution in [-0.4, -0.2) is 36.1 Å². The molecule has 0 rings (SSSR count). The van der Waals surface area contributed by atoms with E-state index in [2.05, 4.69) is 0 Å². The van der Waals surface area contributed by atoms with Crippen molar-refractivity contribution in [1.29, 1.82) is 0 Å². The van der Waals surface area contributed by atoms with Crippen LogP contribution in [-0.2, 0) is 4.74 Å². The quantitative estimate of drug-likeness (QED) is 0.599. The third-order valence-corrected chi connectivity index (χ3v) is 1.52. The molecule has 2 N–H and O–H groups in total. The van der Waals surface area contributed by atoms with Crippen molar-refractivity contribution in [2.24, 2.45) is 0 Å². The minimum atomic E-state index is -0.376. The largest absolute Gasteiger partial charge is 0.393 e. The first-order valence-corrected chi connectivity index (χ1v) is 4.02. The fraction of sp³-hybridized carbons (Fsp3) is 1.00. The molecule has 0 aromatic rings. The molecule has 0 spiro atoms. The number of hydrogen-bond donors (Lipinski definition) is 2. The van der Waals surface area contributed by atoms with Gasteiger partial charge in [-0.05, 0) is 26.2 Å². The predicted octanol–water partition coefficient (Wildman–Crippen LogP) is 0.545. The van der Waals surface area contributed by atoms with Gasteiger partial charge in [-0.2, -0.15) is 0 Å². The molecule has 0 aromatic carbocycles. The van der Waals surface area contributed by atoms with Gasteiger partial charge in [-0.15, -0.1) is 0 Å². The Morgan fingerprint density at radius 2 is 1.91 bits per heavy atom. The molecule has 0 aliphatic heterocycles. The van der Waals surface area contributed by atoms with Crippen LogP contribution in [0.5, 0.6) is 0 Å². The smallest absolute Gasteiger partial charge is 0.0773 e. The van der Waals surface area contributed by atoms with E-state index in [0.29, 0.717) is 13.0 Å². The first-order chi connectivity index (χ1) is 5.16. The number of aliphatic hydroxyl groups excluding tert-OH is 2. The Kier molecular flexibility index (Phi) is 6.51. The number of rotatable bonds is 6. The van der Waals surface area contributed by atoms with Gasteiger partial charge in [0.25, 0.3) is 0 Å². The summed E-state index contributed by atoms with van der Waals surface area (Å²) in [5.41, 5.74) is 0. The van der Waals surface area contributed by atoms with Gasteiger partial charge in [-0.3, -0.25) is 0 Å². The van der Waals surface area contributed by atoms with Crippen LogP contribution < -0.4 is 0 Å². The van der Waals surface area contributed by atoms with E-state index in [1.807, 2.05) is 0 Å². The Morgan fingerprint density at radius 3 is 2.36 bits per heavy atom. The molecular formula is C8H18O3. The zero-order chi connectivity index (χ0) is 8.69. The maximum atomic E-state index is 9.16. The van der Waals surface area contributed by atoms with Crippen molar-refractivity contribution in [3.8, 4) is 0 Å². The highest BCUT2D eigenvalue weighted by Crippen LogP contribution is 2.03. The molecule has 2 unspecified atom stereocenters. The first kappa shape index (κ1) is 10.9.